The van der Waals surface area contributed by atoms with Crippen molar-refractivity contribution < 1.29 is 4.79 Å². The lowest BCUT2D eigenvalue weighted by Gasteiger charge is -2.20. The monoisotopic (exact) mass is 283 g/mol. The topological polar surface area (TPSA) is 57.8 Å². The number of nitrogens with zero attached hydrogens (tertiary/aromatic N) is 1. The number of hydrogen-bond acceptors (Lipinski definition) is 2. The average molecular weight is 283 g/mol. The van der Waals surface area contributed by atoms with Crippen LogP contribution in [0.4, 0.5) is 5.69 Å². The molecule has 21 heavy (non-hydrogen) atoms. The molecule has 1 heterocycles. The third kappa shape index (κ3) is 3.15. The van der Waals surface area contributed by atoms with Gasteiger partial charge in [-0.1, -0.05) is 31.4 Å². The first-order valence-electron chi connectivity index (χ1n) is 7.65. The fraction of sp³-hybridized carbons (Fsp3) is 0.412. The van der Waals surface area contributed by atoms with Crippen LogP contribution in [0.25, 0.3) is 11.3 Å². The molecule has 4 heteroatoms. The smallest absolute Gasteiger partial charge is 0.227 e. The number of aryl methyl sites for hydroxylation is 1. The molecule has 1 aliphatic carbocycles. The van der Waals surface area contributed by atoms with Crippen molar-refractivity contribution >= 4 is 11.6 Å². The molecule has 1 amide bonds. The summed E-state index contributed by atoms with van der Waals surface area (Å²) in [4.78, 5) is 19.7. The molecule has 1 fully saturated rings. The van der Waals surface area contributed by atoms with Crippen molar-refractivity contribution in [1.29, 1.82) is 0 Å². The van der Waals surface area contributed by atoms with E-state index < -0.39 is 0 Å². The van der Waals surface area contributed by atoms with Gasteiger partial charge in [0.15, 0.2) is 0 Å². The molecule has 2 N–H and O–H groups in total. The number of carbonyl (C=O) groups excluding carboxylic acids is 1. The van der Waals surface area contributed by atoms with Crippen LogP contribution in [0.1, 0.15) is 37.8 Å². The molecule has 0 atom stereocenters. The Hall–Kier alpha value is -2.10. The number of benzene rings is 1. The minimum absolute atomic E-state index is 0.158. The summed E-state index contributed by atoms with van der Waals surface area (Å²) in [5, 5.41) is 3.06. The molecule has 0 unspecified atom stereocenters. The maximum atomic E-state index is 12.3. The summed E-state index contributed by atoms with van der Waals surface area (Å²) >= 11 is 0. The molecular weight excluding hydrogens is 262 g/mol. The van der Waals surface area contributed by atoms with Gasteiger partial charge < -0.3 is 10.3 Å². The summed E-state index contributed by atoms with van der Waals surface area (Å²) in [5.41, 5.74) is 3.84. The predicted molar refractivity (Wildman–Crippen MR) is 84.0 cm³/mol. The Labute approximate surface area is 125 Å². The number of imidazole rings is 1. The van der Waals surface area contributed by atoms with E-state index >= 15 is 0 Å². The van der Waals surface area contributed by atoms with Gasteiger partial charge >= 0.3 is 0 Å². The van der Waals surface area contributed by atoms with E-state index in [1.54, 1.807) is 6.33 Å². The lowest BCUT2D eigenvalue weighted by atomic mass is 9.88. The second-order valence-electron chi connectivity index (χ2n) is 5.78. The van der Waals surface area contributed by atoms with Gasteiger partial charge in [-0.3, -0.25) is 4.79 Å². The van der Waals surface area contributed by atoms with E-state index in [4.69, 9.17) is 0 Å². The van der Waals surface area contributed by atoms with Crippen molar-refractivity contribution in [2.45, 2.75) is 39.0 Å². The molecule has 0 bridgehead atoms. The zero-order valence-corrected chi connectivity index (χ0v) is 12.4. The Balaban J connectivity index is 1.74. The Bertz CT molecular complexity index is 626. The van der Waals surface area contributed by atoms with Gasteiger partial charge in [-0.05, 0) is 31.9 Å². The molecule has 0 saturated heterocycles. The minimum atomic E-state index is 0.158. The molecule has 1 saturated carbocycles. The predicted octanol–water partition coefficient (Wildman–Crippen LogP) is 3.90. The zero-order valence-electron chi connectivity index (χ0n) is 12.4. The molecule has 1 aromatic carbocycles. The average Bonchev–Trinajstić information content (AvgIpc) is 2.94. The summed E-state index contributed by atoms with van der Waals surface area (Å²) in [6.45, 7) is 2.00. The third-order valence-corrected chi connectivity index (χ3v) is 4.21. The number of H-pyrrole nitrogens is 1. The van der Waals surface area contributed by atoms with Crippen LogP contribution >= 0.6 is 0 Å². The van der Waals surface area contributed by atoms with E-state index in [-0.39, 0.29) is 11.8 Å². The van der Waals surface area contributed by atoms with E-state index in [0.29, 0.717) is 0 Å². The lowest BCUT2D eigenvalue weighted by Crippen LogP contribution is -2.24. The van der Waals surface area contributed by atoms with Crippen molar-refractivity contribution in [2.75, 3.05) is 5.32 Å². The summed E-state index contributed by atoms with van der Waals surface area (Å²) in [6.07, 6.45) is 7.33. The quantitative estimate of drug-likeness (QED) is 0.897. The third-order valence-electron chi connectivity index (χ3n) is 4.21. The highest BCUT2D eigenvalue weighted by Gasteiger charge is 2.21. The number of rotatable bonds is 3. The van der Waals surface area contributed by atoms with Gasteiger partial charge in [0.2, 0.25) is 5.91 Å². The maximum absolute atomic E-state index is 12.3. The molecule has 0 spiro atoms. The van der Waals surface area contributed by atoms with E-state index in [0.717, 1.165) is 35.5 Å². The highest BCUT2D eigenvalue weighted by atomic mass is 16.1. The molecule has 2 aromatic rings. The first-order valence-corrected chi connectivity index (χ1v) is 7.65. The number of hydrogen-bond donors (Lipinski definition) is 2. The Kier molecular flexibility index (Phi) is 4.04. The first kappa shape index (κ1) is 13.9. The minimum Gasteiger partial charge on any atom is -0.348 e. The van der Waals surface area contributed by atoms with Crippen LogP contribution < -0.4 is 5.32 Å². The van der Waals surface area contributed by atoms with Crippen LogP contribution in [0.3, 0.4) is 0 Å². The fourth-order valence-corrected chi connectivity index (χ4v) is 3.00. The van der Waals surface area contributed by atoms with Crippen LogP contribution in [-0.2, 0) is 4.79 Å². The van der Waals surface area contributed by atoms with Crippen molar-refractivity contribution in [3.8, 4) is 11.3 Å². The summed E-state index contributed by atoms with van der Waals surface area (Å²) in [6, 6.07) is 7.90. The van der Waals surface area contributed by atoms with Crippen LogP contribution in [0.2, 0.25) is 0 Å². The van der Waals surface area contributed by atoms with Crippen LogP contribution in [0.15, 0.2) is 30.6 Å². The molecule has 1 aromatic heterocycles. The van der Waals surface area contributed by atoms with Crippen LogP contribution in [0, 0.1) is 12.8 Å². The molecule has 1 aliphatic rings. The summed E-state index contributed by atoms with van der Waals surface area (Å²) < 4.78 is 0. The molecule has 3 rings (SSSR count). The number of amides is 1. The van der Waals surface area contributed by atoms with Gasteiger partial charge in [-0.25, -0.2) is 4.98 Å². The molecule has 110 valence electrons. The SMILES string of the molecule is Cc1[nH]cnc1-c1cccc(NC(=O)C2CCCCC2)c1. The number of nitrogens with one attached hydrogen (secondary N) is 2. The number of carbonyl (C=O) groups is 1. The van der Waals surface area contributed by atoms with Gasteiger partial charge in [0, 0.05) is 22.9 Å². The van der Waals surface area contributed by atoms with Crippen molar-refractivity contribution in [3.05, 3.63) is 36.3 Å². The van der Waals surface area contributed by atoms with E-state index in [1.165, 1.54) is 19.3 Å². The first-order chi connectivity index (χ1) is 10.2. The fourth-order valence-electron chi connectivity index (χ4n) is 3.00. The highest BCUT2D eigenvalue weighted by molar-refractivity contribution is 5.93. The van der Waals surface area contributed by atoms with Crippen molar-refractivity contribution in [3.63, 3.8) is 0 Å². The molecular formula is C17H21N3O. The van der Waals surface area contributed by atoms with E-state index in [2.05, 4.69) is 15.3 Å². The highest BCUT2D eigenvalue weighted by Crippen LogP contribution is 2.26. The number of aromatic nitrogens is 2. The second-order valence-corrected chi connectivity index (χ2v) is 5.78. The van der Waals surface area contributed by atoms with Crippen LogP contribution in [0.5, 0.6) is 0 Å². The number of aromatic amines is 1. The largest absolute Gasteiger partial charge is 0.348 e. The van der Waals surface area contributed by atoms with E-state index in [1.807, 2.05) is 31.2 Å². The Morgan fingerprint density at radius 2 is 2.10 bits per heavy atom. The van der Waals surface area contributed by atoms with Gasteiger partial charge in [-0.2, -0.15) is 0 Å². The van der Waals surface area contributed by atoms with Crippen molar-refractivity contribution in [1.82, 2.24) is 9.97 Å². The van der Waals surface area contributed by atoms with Crippen LogP contribution in [-0.4, -0.2) is 15.9 Å². The summed E-state index contributed by atoms with van der Waals surface area (Å²) in [7, 11) is 0. The van der Waals surface area contributed by atoms with Gasteiger partial charge in [0.1, 0.15) is 0 Å². The van der Waals surface area contributed by atoms with Gasteiger partial charge in [0.05, 0.1) is 12.0 Å². The molecule has 4 nitrogen and oxygen atoms in total. The Morgan fingerprint density at radius 3 is 2.81 bits per heavy atom. The zero-order chi connectivity index (χ0) is 14.7. The van der Waals surface area contributed by atoms with E-state index in [9.17, 15) is 4.79 Å². The van der Waals surface area contributed by atoms with Gasteiger partial charge in [0.25, 0.3) is 0 Å². The summed E-state index contributed by atoms with van der Waals surface area (Å²) in [5.74, 6) is 0.333. The Morgan fingerprint density at radius 1 is 1.29 bits per heavy atom. The standard InChI is InChI=1S/C17H21N3O/c1-12-16(19-11-18-12)14-8-5-9-15(10-14)20-17(21)13-6-3-2-4-7-13/h5,8-11,13H,2-4,6-7H2,1H3,(H,18,19)(H,20,21). The van der Waals surface area contributed by atoms with Gasteiger partial charge in [-0.15, -0.1) is 0 Å². The normalized spacial score (nSPS) is 15.9. The molecule has 0 radical (unpaired) electrons. The van der Waals surface area contributed by atoms with Crippen molar-refractivity contribution in [2.24, 2.45) is 5.92 Å². The number of anilines is 1. The molecule has 0 aliphatic heterocycles. The maximum Gasteiger partial charge on any atom is 0.227 e. The lowest BCUT2D eigenvalue weighted by molar-refractivity contribution is -0.120. The second kappa shape index (κ2) is 6.12.